The summed E-state index contributed by atoms with van der Waals surface area (Å²) in [5.41, 5.74) is 0. The Kier molecular flexibility index (Phi) is 98200. The van der Waals surface area contributed by atoms with Crippen molar-refractivity contribution in [3.8, 4) is 0 Å². The Balaban J connectivity index is -0.00000000667. The van der Waals surface area contributed by atoms with Gasteiger partial charge in [0.25, 0.3) is 0 Å². The van der Waals surface area contributed by atoms with E-state index < -0.39 is 5.97 Å². The first-order chi connectivity index (χ1) is 67.9. The van der Waals surface area contributed by atoms with Crippen molar-refractivity contribution in [2.45, 2.75) is 25.7 Å². The van der Waals surface area contributed by atoms with Crippen molar-refractivity contribution in [3.63, 3.8) is 0 Å². The van der Waals surface area contributed by atoms with Crippen LogP contribution in [0.1, 0.15) is 28.5 Å². The van der Waals surface area contributed by atoms with E-state index in [1.165, 1.54) is 7.11 Å². The molecule has 0 aliphatic carbocycles. The molecule has 942 valence electrons. The Hall–Kier alpha value is -6.38. The average Bonchev–Trinajstić information content (AvgIpc) is 1.11. The molecule has 0 amide bonds. The monoisotopic (exact) mass is 2290 g/mol. The molecule has 137 heavy (non-hydrogen) atoms. The highest BCUT2D eigenvalue weighted by atomic mass is 17.4. The van der Waals surface area contributed by atoms with Gasteiger partial charge in [0.2, 0.25) is 0 Å². The van der Waals surface area contributed by atoms with Crippen molar-refractivity contribution in [1.29, 1.82) is 0 Å². The fourth-order valence-corrected chi connectivity index (χ4v) is 0.548. The number of carbonyl (C=O) groups excluding carboxylic acids is 1. The number of aliphatic carboxylic acids is 1. The number of hydrogen-bond donors (Lipinski definition) is 119. The van der Waals surface area contributed by atoms with Crippen LogP contribution in [-0.4, -0.2) is 658 Å². The first-order valence-electron chi connectivity index (χ1n) is 17.4. The summed E-state index contributed by atoms with van der Waals surface area (Å²) in [7, 11) is 3.38. The number of carbonyl (C=O) groups is 2. The van der Waals surface area contributed by atoms with Crippen molar-refractivity contribution in [3.05, 3.63) is 25.3 Å². The van der Waals surface area contributed by atoms with Crippen LogP contribution in [0.2, 0.25) is 0 Å². The van der Waals surface area contributed by atoms with Crippen LogP contribution in [0.4, 0.5) is 0 Å². The first-order valence-corrected chi connectivity index (χ1v) is 17.4. The summed E-state index contributed by atoms with van der Waals surface area (Å²) in [5, 5.41) is 725. The quantitative estimate of drug-likeness (QED) is 0.0786. The number of rotatable bonds is 6. The van der Waals surface area contributed by atoms with Gasteiger partial charge in [-0.2, -0.15) is 0 Å². The first kappa shape index (κ1) is 466. The molecule has 0 aromatic rings. The Labute approximate surface area is 738 Å². The van der Waals surface area contributed by atoms with Gasteiger partial charge >= 0.3 is 11.9 Å². The van der Waals surface area contributed by atoms with Crippen LogP contribution in [-0.2, 0) is 24.4 Å². The van der Waals surface area contributed by atoms with E-state index >= 15 is 0 Å². The molecular formula is C13H146O124. The Bertz CT molecular complexity index is 295. The van der Waals surface area contributed by atoms with Crippen molar-refractivity contribution >= 4 is 11.9 Å². The van der Waals surface area contributed by atoms with Crippen molar-refractivity contribution < 1.29 is 652 Å². The zero-order valence-corrected chi connectivity index (χ0v) is 64.7. The molecule has 0 rings (SSSR count). The molecule has 0 saturated carbocycles. The summed E-state index contributed by atoms with van der Waals surface area (Å²) in [6.07, 6.45) is 5.19. The standard InChI is InChI=1S/C6H10O2.C5H8O2.2CH4O.2H2O3.56H2O2.2H2/c1-3-4-5-6(7)8-2;1-2-3-4-5(6)7;2*1-2;2*1-3-2;56*1-2;;/h3H,1,4-5H2,2H3;2H,1,3-4H2,(H,6,7);2*2H,1H3;2*1-2H;56*1-2H;2*1H/i;;;;;;;;;;;;;;;;;;;;;;;;;;;;;;;;;;;;;;;;;;;;;;;;;;;;;;;;;;;;;;2*1+1. The highest BCUT2D eigenvalue weighted by Gasteiger charge is 1.94. The van der Waals surface area contributed by atoms with Crippen LogP contribution in [0.3, 0.4) is 0 Å². The number of methoxy groups -OCH3 is 1. The van der Waals surface area contributed by atoms with E-state index in [4.69, 9.17) is 625 Å². The minimum absolute atomic E-state index is 0. The lowest BCUT2D eigenvalue weighted by Crippen LogP contribution is -1.97. The topological polar surface area (TPSA) is 2470 Å². The Morgan fingerprint density at radius 1 is 0.168 bits per heavy atom. The lowest BCUT2D eigenvalue weighted by Gasteiger charge is -1.91. The number of esters is 1. The van der Waals surface area contributed by atoms with Gasteiger partial charge in [0.05, 0.1) is 7.11 Å². The lowest BCUT2D eigenvalue weighted by molar-refractivity contribution is -0.465. The van der Waals surface area contributed by atoms with Gasteiger partial charge in [-0.25, -0.2) is 21.0 Å². The third-order valence-electron chi connectivity index (χ3n) is 1.34. The normalized spacial score (nSPS) is 3.69. The van der Waals surface area contributed by atoms with Crippen LogP contribution >= 0.6 is 0 Å². The van der Waals surface area contributed by atoms with E-state index in [1.54, 1.807) is 12.2 Å². The number of aliphatic hydroxyl groups excluding tert-OH is 2. The number of carboxylic acid groups (broad SMARTS) is 1. The van der Waals surface area contributed by atoms with Gasteiger partial charge in [-0.3, -0.25) is 598 Å². The molecule has 124 nitrogen and oxygen atoms in total. The van der Waals surface area contributed by atoms with Gasteiger partial charge < -0.3 is 20.1 Å². The second-order valence-electron chi connectivity index (χ2n) is 2.79. The van der Waals surface area contributed by atoms with Gasteiger partial charge in [-0.05, 0) is 12.8 Å². The summed E-state index contributed by atoms with van der Waals surface area (Å²) in [6, 6.07) is 0. The molecule has 0 atom stereocenters. The summed E-state index contributed by atoms with van der Waals surface area (Å²) in [5.74, 6) is -0.940. The summed E-state index contributed by atoms with van der Waals surface area (Å²) >= 11 is 0. The molecule has 119 N–H and O–H groups in total. The lowest BCUT2D eigenvalue weighted by atomic mass is 10.3. The molecule has 0 fully saturated rings. The predicted molar refractivity (Wildman–Crippen MR) is 386 cm³/mol. The molecule has 0 aliphatic rings. The van der Waals surface area contributed by atoms with Crippen molar-refractivity contribution in [2.75, 3.05) is 21.3 Å². The molecule has 0 heterocycles. The van der Waals surface area contributed by atoms with E-state index in [0.29, 0.717) is 19.3 Å². The smallest absolute Gasteiger partial charge is 0.305 e. The third kappa shape index (κ3) is 161000. The zero-order valence-electron chi connectivity index (χ0n) is 64.7. The van der Waals surface area contributed by atoms with Crippen LogP contribution in [0.25, 0.3) is 0 Å². The molecule has 0 spiro atoms. The molecule has 0 unspecified atom stereocenters. The molecule has 0 aliphatic heterocycles. The maximum absolute atomic E-state index is 10.3. The maximum atomic E-state index is 10.3. The molecule has 0 aromatic carbocycles. The summed E-state index contributed by atoms with van der Waals surface area (Å²) in [4.78, 5) is 20.0. The van der Waals surface area contributed by atoms with Crippen molar-refractivity contribution in [2.24, 2.45) is 0 Å². The van der Waals surface area contributed by atoms with Gasteiger partial charge in [-0.15, -0.1) is 13.2 Å². The molecule has 124 heteroatoms. The number of allylic oxidation sites excluding steroid dienone is 2. The highest BCUT2D eigenvalue weighted by Crippen LogP contribution is 1.90. The van der Waals surface area contributed by atoms with Crippen LogP contribution in [0.15, 0.2) is 25.3 Å². The fourth-order valence-electron chi connectivity index (χ4n) is 0.548. The second kappa shape index (κ2) is 28900. The van der Waals surface area contributed by atoms with Crippen LogP contribution in [0, 0.1) is 0 Å². The minimum Gasteiger partial charge on any atom is -0.481 e. The minimum atomic E-state index is -0.764. The van der Waals surface area contributed by atoms with E-state index in [0.717, 1.165) is 14.2 Å². The van der Waals surface area contributed by atoms with Gasteiger partial charge in [0.1, 0.15) is 0 Å². The number of carboxylic acids is 1. The average molecular weight is 2290 g/mol. The van der Waals surface area contributed by atoms with E-state index in [-0.39, 0.29) is 15.2 Å². The van der Waals surface area contributed by atoms with Gasteiger partial charge in [0, 0.05) is 29.9 Å². The van der Waals surface area contributed by atoms with Crippen LogP contribution in [0.5, 0.6) is 0 Å². The zero-order chi connectivity index (χ0) is 134. The Morgan fingerprint density at radius 2 is 0.219 bits per heavy atom. The summed E-state index contributed by atoms with van der Waals surface area (Å²) in [6.45, 7) is 6.83. The molecule has 0 saturated heterocycles. The SMILES string of the molecule is C=CCCC(=O)O.C=CCCC(=O)OC.CO.CO.OO.OO.OO.OO.OO.OO.OO.OO.OO.OO.OO.OO.OO.OO.OO.OO.OO.OO.OO.OO.OO.OO.OO.OO.OO.OO.OO.OO.OO.OO.OO.OO.OO.OO.OO.OO.OO.OO.OO.OO.OO.OO.OO.OO.OO.OO.OO.OO.OO.OO.OO.OO.OO.OO.OO.OO.OOO.OOO.[2HH].[2HH]. The molecule has 0 radical (unpaired) electrons. The molecule has 0 aromatic heterocycles. The third-order valence-corrected chi connectivity index (χ3v) is 1.34. The van der Waals surface area contributed by atoms with E-state index in [1.807, 2.05) is 0 Å². The van der Waals surface area contributed by atoms with Gasteiger partial charge in [-0.1, -0.05) is 22.2 Å². The van der Waals surface area contributed by atoms with Gasteiger partial charge in [0.15, 0.2) is 0 Å². The predicted octanol–water partition coefficient (Wildman–Crippen LogP) is 2.74. The maximum Gasteiger partial charge on any atom is 0.305 e. The number of hydrogen-bond acceptors (Lipinski definition) is 123. The van der Waals surface area contributed by atoms with Crippen LogP contribution < -0.4 is 0 Å². The van der Waals surface area contributed by atoms with E-state index in [2.05, 4.69) is 28.0 Å². The second-order valence-corrected chi connectivity index (χ2v) is 2.79. The fraction of sp³-hybridized carbons (Fsp3) is 0.538. The Morgan fingerprint density at radius 3 is 0.248 bits per heavy atom. The molecular weight excluding hydrogens is 2140 g/mol. The van der Waals surface area contributed by atoms with Crippen molar-refractivity contribution in [1.82, 2.24) is 0 Å². The highest BCUT2D eigenvalue weighted by molar-refractivity contribution is 5.69. The summed E-state index contributed by atoms with van der Waals surface area (Å²) < 4.78 is 4.37. The number of ether oxygens (including phenoxy) is 1. The number of aliphatic hydroxyl groups is 2. The molecule has 0 bridgehead atoms. The largest absolute Gasteiger partial charge is 0.481 e. The van der Waals surface area contributed by atoms with E-state index in [9.17, 15) is 9.59 Å².